The Morgan fingerprint density at radius 3 is 2.68 bits per heavy atom. The van der Waals surface area contributed by atoms with Crippen molar-refractivity contribution in [3.05, 3.63) is 65.2 Å². The molecule has 0 radical (unpaired) electrons. The van der Waals surface area contributed by atoms with Crippen LogP contribution >= 0.6 is 0 Å². The number of benzene rings is 2. The summed E-state index contributed by atoms with van der Waals surface area (Å²) in [6.45, 7) is 2.52. The summed E-state index contributed by atoms with van der Waals surface area (Å²) < 4.78 is 10.3. The van der Waals surface area contributed by atoms with Crippen molar-refractivity contribution in [3.8, 4) is 5.75 Å². The molecule has 2 aromatic rings. The zero-order valence-electron chi connectivity index (χ0n) is 12.6. The van der Waals surface area contributed by atoms with E-state index < -0.39 is 6.09 Å². The van der Waals surface area contributed by atoms with Crippen molar-refractivity contribution in [3.63, 3.8) is 0 Å². The molecule has 0 bridgehead atoms. The van der Waals surface area contributed by atoms with Gasteiger partial charge in [-0.05, 0) is 30.2 Å². The van der Waals surface area contributed by atoms with Crippen molar-refractivity contribution in [2.75, 3.05) is 7.11 Å². The first-order valence-electron chi connectivity index (χ1n) is 6.84. The van der Waals surface area contributed by atoms with Crippen LogP contribution in [0.15, 0.2) is 53.6 Å². The molecular weight excluding hydrogens is 280 g/mol. The van der Waals surface area contributed by atoms with Gasteiger partial charge in [0.25, 0.3) is 0 Å². The highest BCUT2D eigenvalue weighted by Gasteiger charge is 2.03. The predicted molar refractivity (Wildman–Crippen MR) is 85.1 cm³/mol. The van der Waals surface area contributed by atoms with Gasteiger partial charge in [0.2, 0.25) is 0 Å². The Morgan fingerprint density at radius 2 is 1.91 bits per heavy atom. The molecule has 2 aromatic carbocycles. The molecule has 22 heavy (non-hydrogen) atoms. The number of amides is 1. The van der Waals surface area contributed by atoms with Crippen molar-refractivity contribution in [2.24, 2.45) is 5.10 Å². The van der Waals surface area contributed by atoms with Gasteiger partial charge in [0.1, 0.15) is 12.4 Å². The van der Waals surface area contributed by atoms with Gasteiger partial charge in [-0.15, -0.1) is 0 Å². The standard InChI is InChI=1S/C17H18N2O3/c1-13-7-3-4-9-15(13)12-22-16-10-6-5-8-14(16)11-18-19-17(20)21-2/h3-11H,12H2,1-2H3,(H,19,20). The van der Waals surface area contributed by atoms with E-state index >= 15 is 0 Å². The molecule has 1 N–H and O–H groups in total. The molecule has 2 rings (SSSR count). The lowest BCUT2D eigenvalue weighted by Gasteiger charge is -2.10. The first kappa shape index (κ1) is 15.6. The summed E-state index contributed by atoms with van der Waals surface area (Å²) in [6, 6.07) is 15.5. The van der Waals surface area contributed by atoms with Crippen molar-refractivity contribution in [1.29, 1.82) is 0 Å². The van der Waals surface area contributed by atoms with Crippen molar-refractivity contribution in [2.45, 2.75) is 13.5 Å². The van der Waals surface area contributed by atoms with E-state index in [0.29, 0.717) is 12.4 Å². The largest absolute Gasteiger partial charge is 0.488 e. The molecule has 0 aliphatic heterocycles. The molecule has 1 amide bonds. The number of carbonyl (C=O) groups is 1. The SMILES string of the molecule is COC(=O)NN=Cc1ccccc1OCc1ccccc1C. The molecule has 0 unspecified atom stereocenters. The van der Waals surface area contributed by atoms with Gasteiger partial charge in [0, 0.05) is 5.56 Å². The Kier molecular flexibility index (Phi) is 5.54. The molecule has 114 valence electrons. The van der Waals surface area contributed by atoms with E-state index in [2.05, 4.69) is 15.3 Å². The van der Waals surface area contributed by atoms with Crippen LogP contribution in [0, 0.1) is 6.92 Å². The smallest absolute Gasteiger partial charge is 0.427 e. The van der Waals surface area contributed by atoms with Gasteiger partial charge in [0.05, 0.1) is 13.3 Å². The van der Waals surface area contributed by atoms with Crippen LogP contribution in [0.3, 0.4) is 0 Å². The second kappa shape index (κ2) is 7.83. The molecule has 0 aliphatic rings. The van der Waals surface area contributed by atoms with E-state index in [-0.39, 0.29) is 0 Å². The average molecular weight is 298 g/mol. The summed E-state index contributed by atoms with van der Waals surface area (Å²) in [7, 11) is 1.28. The summed E-state index contributed by atoms with van der Waals surface area (Å²) in [5.41, 5.74) is 5.32. The van der Waals surface area contributed by atoms with Gasteiger partial charge in [-0.2, -0.15) is 5.10 Å². The van der Waals surface area contributed by atoms with Crippen molar-refractivity contribution >= 4 is 12.3 Å². The summed E-state index contributed by atoms with van der Waals surface area (Å²) in [5, 5.41) is 3.82. The van der Waals surface area contributed by atoms with E-state index in [1.807, 2.05) is 55.5 Å². The molecule has 0 saturated heterocycles. The number of hydrogen-bond donors (Lipinski definition) is 1. The first-order chi connectivity index (χ1) is 10.7. The number of para-hydroxylation sites is 1. The number of nitrogens with one attached hydrogen (secondary N) is 1. The van der Waals surface area contributed by atoms with E-state index in [1.165, 1.54) is 18.9 Å². The number of hydrazone groups is 1. The number of methoxy groups -OCH3 is 1. The van der Waals surface area contributed by atoms with Crippen LogP contribution in [-0.4, -0.2) is 19.4 Å². The van der Waals surface area contributed by atoms with Crippen LogP contribution in [0.1, 0.15) is 16.7 Å². The molecule has 0 aliphatic carbocycles. The van der Waals surface area contributed by atoms with Gasteiger partial charge in [0.15, 0.2) is 0 Å². The quantitative estimate of drug-likeness (QED) is 0.681. The Labute approximate surface area is 129 Å². The van der Waals surface area contributed by atoms with E-state index in [4.69, 9.17) is 4.74 Å². The summed E-state index contributed by atoms with van der Waals surface area (Å²) >= 11 is 0. The number of rotatable bonds is 5. The van der Waals surface area contributed by atoms with Crippen LogP contribution in [0.4, 0.5) is 4.79 Å². The number of carbonyl (C=O) groups excluding carboxylic acids is 1. The Morgan fingerprint density at radius 1 is 1.18 bits per heavy atom. The van der Waals surface area contributed by atoms with Crippen LogP contribution in [0.5, 0.6) is 5.75 Å². The molecule has 5 nitrogen and oxygen atoms in total. The number of nitrogens with zero attached hydrogens (tertiary/aromatic N) is 1. The highest BCUT2D eigenvalue weighted by Crippen LogP contribution is 2.18. The molecule has 0 heterocycles. The Bertz CT molecular complexity index is 668. The second-order valence-electron chi connectivity index (χ2n) is 4.61. The topological polar surface area (TPSA) is 59.9 Å². The van der Waals surface area contributed by atoms with Crippen molar-refractivity contribution in [1.82, 2.24) is 5.43 Å². The maximum absolute atomic E-state index is 11.0. The predicted octanol–water partition coefficient (Wildman–Crippen LogP) is 3.26. The summed E-state index contributed by atoms with van der Waals surface area (Å²) in [6.07, 6.45) is 0.902. The number of aryl methyl sites for hydroxylation is 1. The minimum atomic E-state index is -0.616. The zero-order chi connectivity index (χ0) is 15.8. The van der Waals surface area contributed by atoms with Crippen LogP contribution < -0.4 is 10.2 Å². The van der Waals surface area contributed by atoms with Crippen LogP contribution in [0.2, 0.25) is 0 Å². The third-order valence-corrected chi connectivity index (χ3v) is 3.11. The normalized spacial score (nSPS) is 10.5. The van der Waals surface area contributed by atoms with Gasteiger partial charge in [-0.3, -0.25) is 0 Å². The van der Waals surface area contributed by atoms with E-state index in [9.17, 15) is 4.79 Å². The summed E-state index contributed by atoms with van der Waals surface area (Å²) in [4.78, 5) is 11.0. The lowest BCUT2D eigenvalue weighted by molar-refractivity contribution is 0.171. The highest BCUT2D eigenvalue weighted by molar-refractivity contribution is 5.84. The molecule has 0 fully saturated rings. The average Bonchev–Trinajstić information content (AvgIpc) is 2.55. The molecule has 0 aromatic heterocycles. The maximum atomic E-state index is 11.0. The monoisotopic (exact) mass is 298 g/mol. The lowest BCUT2D eigenvalue weighted by Crippen LogP contribution is -2.16. The molecule has 5 heteroatoms. The Balaban J connectivity index is 2.05. The molecule has 0 atom stereocenters. The minimum Gasteiger partial charge on any atom is -0.488 e. The minimum absolute atomic E-state index is 0.474. The van der Waals surface area contributed by atoms with Gasteiger partial charge >= 0.3 is 6.09 Å². The summed E-state index contributed by atoms with van der Waals surface area (Å²) in [5.74, 6) is 0.696. The molecular formula is C17H18N2O3. The van der Waals surface area contributed by atoms with Crippen LogP contribution in [0.25, 0.3) is 0 Å². The number of hydrogen-bond acceptors (Lipinski definition) is 4. The van der Waals surface area contributed by atoms with E-state index in [1.54, 1.807) is 0 Å². The van der Waals surface area contributed by atoms with Gasteiger partial charge < -0.3 is 9.47 Å². The van der Waals surface area contributed by atoms with Crippen LogP contribution in [-0.2, 0) is 11.3 Å². The molecule has 0 spiro atoms. The first-order valence-corrected chi connectivity index (χ1v) is 6.84. The second-order valence-corrected chi connectivity index (χ2v) is 4.61. The fourth-order valence-corrected chi connectivity index (χ4v) is 1.85. The third-order valence-electron chi connectivity index (χ3n) is 3.11. The lowest BCUT2D eigenvalue weighted by atomic mass is 10.1. The maximum Gasteiger partial charge on any atom is 0.427 e. The van der Waals surface area contributed by atoms with E-state index in [0.717, 1.165) is 11.1 Å². The fraction of sp³-hybridized carbons (Fsp3) is 0.176. The van der Waals surface area contributed by atoms with Gasteiger partial charge in [-0.1, -0.05) is 36.4 Å². The fourth-order valence-electron chi connectivity index (χ4n) is 1.85. The number of ether oxygens (including phenoxy) is 2. The highest BCUT2D eigenvalue weighted by atomic mass is 16.5. The Hall–Kier alpha value is -2.82. The third kappa shape index (κ3) is 4.34. The molecule has 0 saturated carbocycles. The van der Waals surface area contributed by atoms with Crippen molar-refractivity contribution < 1.29 is 14.3 Å². The van der Waals surface area contributed by atoms with Gasteiger partial charge in [-0.25, -0.2) is 10.2 Å². The zero-order valence-corrected chi connectivity index (χ0v) is 12.6.